The van der Waals surface area contributed by atoms with Crippen LogP contribution in [0.5, 0.6) is 0 Å². The third-order valence-corrected chi connectivity index (χ3v) is 5.53. The lowest BCUT2D eigenvalue weighted by Gasteiger charge is -2.20. The number of para-hydroxylation sites is 1. The minimum absolute atomic E-state index is 0.0695. The first kappa shape index (κ1) is 24.5. The molecule has 2 aromatic heterocycles. The number of pyridine rings is 1. The molecule has 0 atom stereocenters. The van der Waals surface area contributed by atoms with E-state index in [1.54, 1.807) is 16.8 Å². The number of hydrogen-bond donors (Lipinski definition) is 1. The van der Waals surface area contributed by atoms with Gasteiger partial charge in [-0.1, -0.05) is 57.5 Å². The van der Waals surface area contributed by atoms with Gasteiger partial charge in [-0.3, -0.25) is 4.79 Å². The van der Waals surface area contributed by atoms with Gasteiger partial charge in [0.2, 0.25) is 0 Å². The molecule has 0 saturated heterocycles. The summed E-state index contributed by atoms with van der Waals surface area (Å²) in [6.45, 7) is 11.6. The van der Waals surface area contributed by atoms with Gasteiger partial charge in [-0.2, -0.15) is 5.10 Å². The van der Waals surface area contributed by atoms with Crippen molar-refractivity contribution in [1.29, 1.82) is 0 Å². The maximum atomic E-state index is 12.7. The molecule has 1 aromatic carbocycles. The van der Waals surface area contributed by atoms with Gasteiger partial charge < -0.3 is 10.1 Å². The van der Waals surface area contributed by atoms with Gasteiger partial charge in [0.25, 0.3) is 5.91 Å². The normalized spacial score (nSPS) is 11.2. The molecule has 174 valence electrons. The molecule has 0 aliphatic heterocycles. The van der Waals surface area contributed by atoms with E-state index >= 15 is 0 Å². The van der Waals surface area contributed by atoms with Crippen LogP contribution in [0.25, 0.3) is 5.82 Å². The smallest absolute Gasteiger partial charge is 0.359 e. The SMILES string of the molecule is Cc1cc(C)n(-c2ccc(Cl)c(C(=O)OCC(=O)Nc3c(C(C)C)cccc3C(C)C)n2)n1. The summed E-state index contributed by atoms with van der Waals surface area (Å²) in [4.78, 5) is 29.6. The molecule has 7 nitrogen and oxygen atoms in total. The van der Waals surface area contributed by atoms with Crippen LogP contribution in [0, 0.1) is 13.8 Å². The average Bonchev–Trinajstić information content (AvgIpc) is 3.10. The van der Waals surface area contributed by atoms with Gasteiger partial charge in [0.05, 0.1) is 10.7 Å². The zero-order valence-corrected chi connectivity index (χ0v) is 20.5. The molecule has 0 spiro atoms. The number of benzene rings is 1. The predicted molar refractivity (Wildman–Crippen MR) is 129 cm³/mol. The van der Waals surface area contributed by atoms with Crippen LogP contribution in [0.4, 0.5) is 5.69 Å². The number of nitrogens with one attached hydrogen (secondary N) is 1. The van der Waals surface area contributed by atoms with E-state index in [4.69, 9.17) is 16.3 Å². The fourth-order valence-electron chi connectivity index (χ4n) is 3.62. The number of halogens is 1. The first-order valence-electron chi connectivity index (χ1n) is 10.9. The zero-order valence-electron chi connectivity index (χ0n) is 19.8. The van der Waals surface area contributed by atoms with E-state index in [9.17, 15) is 9.59 Å². The quantitative estimate of drug-likeness (QED) is 0.457. The van der Waals surface area contributed by atoms with Gasteiger partial charge in [0.1, 0.15) is 0 Å². The Morgan fingerprint density at radius 1 is 1.06 bits per heavy atom. The van der Waals surface area contributed by atoms with Crippen molar-refractivity contribution in [2.75, 3.05) is 11.9 Å². The summed E-state index contributed by atoms with van der Waals surface area (Å²) in [7, 11) is 0. The molecule has 0 bridgehead atoms. The number of carbonyl (C=O) groups is 2. The second-order valence-electron chi connectivity index (χ2n) is 8.58. The summed E-state index contributed by atoms with van der Waals surface area (Å²) in [5.41, 5.74) is 4.45. The van der Waals surface area contributed by atoms with Crippen molar-refractivity contribution in [3.63, 3.8) is 0 Å². The van der Waals surface area contributed by atoms with Gasteiger partial charge >= 0.3 is 5.97 Å². The Balaban J connectivity index is 1.75. The topological polar surface area (TPSA) is 86.1 Å². The molecule has 33 heavy (non-hydrogen) atoms. The van der Waals surface area contributed by atoms with E-state index in [0.29, 0.717) is 5.82 Å². The van der Waals surface area contributed by atoms with E-state index < -0.39 is 18.5 Å². The fraction of sp³-hybridized carbons (Fsp3) is 0.360. The third kappa shape index (κ3) is 5.60. The first-order chi connectivity index (χ1) is 15.6. The van der Waals surface area contributed by atoms with Crippen molar-refractivity contribution < 1.29 is 14.3 Å². The van der Waals surface area contributed by atoms with Crippen molar-refractivity contribution in [3.05, 3.63) is 69.6 Å². The lowest BCUT2D eigenvalue weighted by Crippen LogP contribution is -2.23. The standard InChI is InChI=1S/C25H29ClN4O3/c1-14(2)18-8-7-9-19(15(3)4)23(18)28-22(31)13-33-25(32)24-20(26)10-11-21(27-24)30-17(6)12-16(5)29-30/h7-12,14-15H,13H2,1-6H3,(H,28,31). The Hall–Kier alpha value is -3.19. The molecule has 3 rings (SSSR count). The molecular weight excluding hydrogens is 440 g/mol. The van der Waals surface area contributed by atoms with Crippen LogP contribution < -0.4 is 5.32 Å². The number of esters is 1. The first-order valence-corrected chi connectivity index (χ1v) is 11.3. The zero-order chi connectivity index (χ0) is 24.3. The maximum absolute atomic E-state index is 12.7. The fourth-order valence-corrected chi connectivity index (χ4v) is 3.81. The summed E-state index contributed by atoms with van der Waals surface area (Å²) in [6.07, 6.45) is 0. The van der Waals surface area contributed by atoms with Crippen LogP contribution in [-0.2, 0) is 9.53 Å². The predicted octanol–water partition coefficient (Wildman–Crippen LogP) is 5.58. The molecule has 0 aliphatic carbocycles. The van der Waals surface area contributed by atoms with Gasteiger partial charge in [0.15, 0.2) is 18.1 Å². The lowest BCUT2D eigenvalue weighted by molar-refractivity contribution is -0.119. The number of amides is 1. The van der Waals surface area contributed by atoms with Crippen molar-refractivity contribution in [2.45, 2.75) is 53.4 Å². The van der Waals surface area contributed by atoms with Crippen LogP contribution in [0.15, 0.2) is 36.4 Å². The number of hydrogen-bond acceptors (Lipinski definition) is 5. The minimum atomic E-state index is -0.778. The Morgan fingerprint density at radius 3 is 2.24 bits per heavy atom. The number of ether oxygens (including phenoxy) is 1. The number of rotatable bonds is 7. The van der Waals surface area contributed by atoms with Gasteiger partial charge in [-0.25, -0.2) is 14.5 Å². The Morgan fingerprint density at radius 2 is 1.70 bits per heavy atom. The molecule has 0 aliphatic rings. The largest absolute Gasteiger partial charge is 0.451 e. The van der Waals surface area contributed by atoms with E-state index in [-0.39, 0.29) is 22.6 Å². The summed E-state index contributed by atoms with van der Waals surface area (Å²) in [5, 5.41) is 7.44. The summed E-state index contributed by atoms with van der Waals surface area (Å²) < 4.78 is 6.86. The monoisotopic (exact) mass is 468 g/mol. The molecule has 2 heterocycles. The van der Waals surface area contributed by atoms with E-state index in [0.717, 1.165) is 28.2 Å². The van der Waals surface area contributed by atoms with E-state index in [1.807, 2.05) is 38.1 Å². The summed E-state index contributed by atoms with van der Waals surface area (Å²) >= 11 is 6.19. The van der Waals surface area contributed by atoms with Crippen LogP contribution >= 0.6 is 11.6 Å². The highest BCUT2D eigenvalue weighted by atomic mass is 35.5. The number of anilines is 1. The van der Waals surface area contributed by atoms with E-state index in [1.165, 1.54) is 0 Å². The number of aromatic nitrogens is 3. The Kier molecular flexibility index (Phi) is 7.53. The van der Waals surface area contributed by atoms with Crippen LogP contribution in [0.3, 0.4) is 0 Å². The lowest BCUT2D eigenvalue weighted by atomic mass is 9.92. The molecular formula is C25H29ClN4O3. The molecule has 0 fully saturated rings. The third-order valence-electron chi connectivity index (χ3n) is 5.22. The highest BCUT2D eigenvalue weighted by molar-refractivity contribution is 6.33. The Bertz CT molecular complexity index is 1160. The van der Waals surface area contributed by atoms with Crippen molar-refractivity contribution in [2.24, 2.45) is 0 Å². The maximum Gasteiger partial charge on any atom is 0.359 e. The van der Waals surface area contributed by atoms with Crippen molar-refractivity contribution >= 4 is 29.2 Å². The molecule has 0 unspecified atom stereocenters. The second kappa shape index (κ2) is 10.2. The molecule has 0 saturated carbocycles. The molecule has 0 radical (unpaired) electrons. The second-order valence-corrected chi connectivity index (χ2v) is 8.99. The summed E-state index contributed by atoms with van der Waals surface area (Å²) in [6, 6.07) is 11.1. The van der Waals surface area contributed by atoms with Crippen LogP contribution in [0.2, 0.25) is 5.02 Å². The van der Waals surface area contributed by atoms with Crippen molar-refractivity contribution in [3.8, 4) is 5.82 Å². The highest BCUT2D eigenvalue weighted by Gasteiger charge is 2.20. The molecule has 1 N–H and O–H groups in total. The van der Waals surface area contributed by atoms with Crippen LogP contribution in [0.1, 0.15) is 72.5 Å². The van der Waals surface area contributed by atoms with Crippen molar-refractivity contribution in [1.82, 2.24) is 14.8 Å². The molecule has 8 heteroatoms. The van der Waals surface area contributed by atoms with Crippen LogP contribution in [-0.4, -0.2) is 33.2 Å². The van der Waals surface area contributed by atoms with Gasteiger partial charge in [0, 0.05) is 11.4 Å². The highest BCUT2D eigenvalue weighted by Crippen LogP contribution is 2.32. The minimum Gasteiger partial charge on any atom is -0.451 e. The number of nitrogens with zero attached hydrogens (tertiary/aromatic N) is 3. The van der Waals surface area contributed by atoms with Gasteiger partial charge in [-0.05, 0) is 55.0 Å². The Labute approximate surface area is 199 Å². The molecule has 3 aromatic rings. The van der Waals surface area contributed by atoms with E-state index in [2.05, 4.69) is 43.1 Å². The molecule has 1 amide bonds. The van der Waals surface area contributed by atoms with Gasteiger partial charge in [-0.15, -0.1) is 0 Å². The summed E-state index contributed by atoms with van der Waals surface area (Å²) in [5.74, 6) is -0.318. The number of carbonyl (C=O) groups excluding carboxylic acids is 2. The number of aryl methyl sites for hydroxylation is 2. The average molecular weight is 469 g/mol.